The van der Waals surface area contributed by atoms with Crippen molar-refractivity contribution in [2.24, 2.45) is 11.8 Å². The summed E-state index contributed by atoms with van der Waals surface area (Å²) in [6.07, 6.45) is 8.36. The molecule has 4 heteroatoms. The van der Waals surface area contributed by atoms with Crippen LogP contribution < -0.4 is 5.32 Å². The van der Waals surface area contributed by atoms with Gasteiger partial charge in [-0.05, 0) is 43.1 Å². The summed E-state index contributed by atoms with van der Waals surface area (Å²) < 4.78 is 0. The van der Waals surface area contributed by atoms with E-state index in [1.54, 1.807) is 0 Å². The van der Waals surface area contributed by atoms with Gasteiger partial charge in [-0.25, -0.2) is 4.79 Å². The SMILES string of the molecule is CCC1CCC(CNc2cccc(SC)c2C(=O)O)CC1. The van der Waals surface area contributed by atoms with E-state index in [0.717, 1.165) is 23.0 Å². The summed E-state index contributed by atoms with van der Waals surface area (Å²) in [5.74, 6) is 0.722. The molecule has 0 spiro atoms. The van der Waals surface area contributed by atoms with E-state index in [2.05, 4.69) is 12.2 Å². The van der Waals surface area contributed by atoms with Crippen LogP contribution in [0.15, 0.2) is 23.1 Å². The molecule has 0 aliphatic heterocycles. The molecule has 0 unspecified atom stereocenters. The van der Waals surface area contributed by atoms with E-state index in [1.807, 2.05) is 24.5 Å². The highest BCUT2D eigenvalue weighted by Gasteiger charge is 2.21. The van der Waals surface area contributed by atoms with E-state index in [9.17, 15) is 9.90 Å². The van der Waals surface area contributed by atoms with Gasteiger partial charge < -0.3 is 10.4 Å². The molecule has 0 radical (unpaired) electrons. The monoisotopic (exact) mass is 307 g/mol. The summed E-state index contributed by atoms with van der Waals surface area (Å²) in [4.78, 5) is 12.3. The molecule has 0 aromatic heterocycles. The molecule has 21 heavy (non-hydrogen) atoms. The third-order valence-electron chi connectivity index (χ3n) is 4.58. The van der Waals surface area contributed by atoms with E-state index in [-0.39, 0.29) is 0 Å². The molecule has 2 N–H and O–H groups in total. The molecule has 0 amide bonds. The molecular weight excluding hydrogens is 282 g/mol. The molecule has 1 fully saturated rings. The van der Waals surface area contributed by atoms with Crippen molar-refractivity contribution in [2.75, 3.05) is 18.1 Å². The number of hydrogen-bond donors (Lipinski definition) is 2. The minimum absolute atomic E-state index is 0.409. The Morgan fingerprint density at radius 3 is 2.52 bits per heavy atom. The number of carbonyl (C=O) groups is 1. The van der Waals surface area contributed by atoms with Gasteiger partial charge in [-0.1, -0.05) is 32.3 Å². The molecule has 1 aliphatic rings. The number of carboxylic acids is 1. The Balaban J connectivity index is 1.99. The third-order valence-corrected chi connectivity index (χ3v) is 5.36. The molecule has 1 aromatic carbocycles. The molecule has 1 saturated carbocycles. The number of carboxylic acid groups (broad SMARTS) is 1. The van der Waals surface area contributed by atoms with Gasteiger partial charge in [0, 0.05) is 17.1 Å². The molecule has 1 aliphatic carbocycles. The minimum Gasteiger partial charge on any atom is -0.478 e. The van der Waals surface area contributed by atoms with E-state index in [1.165, 1.54) is 43.9 Å². The number of aromatic carboxylic acids is 1. The van der Waals surface area contributed by atoms with Crippen molar-refractivity contribution in [3.63, 3.8) is 0 Å². The molecule has 116 valence electrons. The van der Waals surface area contributed by atoms with Crippen molar-refractivity contribution >= 4 is 23.4 Å². The Labute approximate surface area is 131 Å². The second-order valence-corrected chi connectivity index (χ2v) is 6.71. The van der Waals surface area contributed by atoms with Crippen LogP contribution in [-0.2, 0) is 0 Å². The molecule has 2 rings (SSSR count). The number of benzene rings is 1. The highest BCUT2D eigenvalue weighted by molar-refractivity contribution is 7.98. The van der Waals surface area contributed by atoms with Crippen molar-refractivity contribution in [1.82, 2.24) is 0 Å². The number of anilines is 1. The summed E-state index contributed by atoms with van der Waals surface area (Å²) in [5, 5.41) is 12.8. The maximum absolute atomic E-state index is 11.5. The quantitative estimate of drug-likeness (QED) is 0.746. The first-order valence-electron chi connectivity index (χ1n) is 7.79. The average Bonchev–Trinajstić information content (AvgIpc) is 2.52. The largest absolute Gasteiger partial charge is 0.478 e. The number of hydrogen-bond acceptors (Lipinski definition) is 3. The Hall–Kier alpha value is -1.16. The van der Waals surface area contributed by atoms with Crippen molar-refractivity contribution in [3.05, 3.63) is 23.8 Å². The van der Waals surface area contributed by atoms with Crippen LogP contribution >= 0.6 is 11.8 Å². The predicted molar refractivity (Wildman–Crippen MR) is 89.4 cm³/mol. The third kappa shape index (κ3) is 4.16. The minimum atomic E-state index is -0.850. The van der Waals surface area contributed by atoms with E-state index in [0.29, 0.717) is 11.5 Å². The smallest absolute Gasteiger partial charge is 0.338 e. The van der Waals surface area contributed by atoms with Gasteiger partial charge in [0.1, 0.15) is 0 Å². The molecule has 0 bridgehead atoms. The number of nitrogens with one attached hydrogen (secondary N) is 1. The van der Waals surface area contributed by atoms with Gasteiger partial charge in [-0.3, -0.25) is 0 Å². The molecule has 1 aromatic rings. The van der Waals surface area contributed by atoms with Gasteiger partial charge in [-0.15, -0.1) is 11.8 Å². The van der Waals surface area contributed by atoms with Gasteiger partial charge in [0.05, 0.1) is 5.56 Å². The first-order chi connectivity index (χ1) is 10.2. The van der Waals surface area contributed by atoms with E-state index < -0.39 is 5.97 Å². The topological polar surface area (TPSA) is 49.3 Å². The fourth-order valence-corrected chi connectivity index (χ4v) is 3.78. The van der Waals surface area contributed by atoms with Crippen molar-refractivity contribution in [2.45, 2.75) is 43.9 Å². The lowest BCUT2D eigenvalue weighted by Crippen LogP contribution is -2.21. The lowest BCUT2D eigenvalue weighted by Gasteiger charge is -2.28. The second-order valence-electron chi connectivity index (χ2n) is 5.86. The number of rotatable bonds is 6. The first kappa shape index (κ1) is 16.2. The summed E-state index contributed by atoms with van der Waals surface area (Å²) in [5.41, 5.74) is 1.17. The summed E-state index contributed by atoms with van der Waals surface area (Å²) in [6, 6.07) is 5.67. The zero-order valence-corrected chi connectivity index (χ0v) is 13.7. The standard InChI is InChI=1S/C17H25NO2S/c1-3-12-7-9-13(10-8-12)11-18-14-5-4-6-15(21-2)16(14)17(19)20/h4-6,12-13,18H,3,7-11H2,1-2H3,(H,19,20). The van der Waals surface area contributed by atoms with Gasteiger partial charge in [0.25, 0.3) is 0 Å². The van der Waals surface area contributed by atoms with Crippen LogP contribution in [0, 0.1) is 11.8 Å². The molecule has 0 saturated heterocycles. The Morgan fingerprint density at radius 2 is 1.95 bits per heavy atom. The molecule has 3 nitrogen and oxygen atoms in total. The van der Waals surface area contributed by atoms with Gasteiger partial charge in [0.2, 0.25) is 0 Å². The fourth-order valence-electron chi connectivity index (χ4n) is 3.17. The Bertz CT molecular complexity index is 482. The summed E-state index contributed by atoms with van der Waals surface area (Å²) in [6.45, 7) is 3.16. The lowest BCUT2D eigenvalue weighted by atomic mass is 9.81. The van der Waals surface area contributed by atoms with Crippen LogP contribution in [0.2, 0.25) is 0 Å². The highest BCUT2D eigenvalue weighted by atomic mass is 32.2. The molecule has 0 heterocycles. The molecule has 0 atom stereocenters. The van der Waals surface area contributed by atoms with Crippen LogP contribution in [0.3, 0.4) is 0 Å². The Morgan fingerprint density at radius 1 is 1.29 bits per heavy atom. The normalized spacial score (nSPS) is 22.0. The molecular formula is C17H25NO2S. The van der Waals surface area contributed by atoms with Crippen molar-refractivity contribution < 1.29 is 9.90 Å². The zero-order valence-electron chi connectivity index (χ0n) is 12.9. The average molecular weight is 307 g/mol. The van der Waals surface area contributed by atoms with Crippen LogP contribution in [0.1, 0.15) is 49.4 Å². The van der Waals surface area contributed by atoms with Crippen LogP contribution in [0.25, 0.3) is 0 Å². The number of thioether (sulfide) groups is 1. The van der Waals surface area contributed by atoms with Gasteiger partial charge >= 0.3 is 5.97 Å². The fraction of sp³-hybridized carbons (Fsp3) is 0.588. The predicted octanol–water partition coefficient (Wildman–Crippen LogP) is 4.74. The van der Waals surface area contributed by atoms with E-state index in [4.69, 9.17) is 0 Å². The van der Waals surface area contributed by atoms with Crippen LogP contribution in [-0.4, -0.2) is 23.9 Å². The highest BCUT2D eigenvalue weighted by Crippen LogP contribution is 2.32. The van der Waals surface area contributed by atoms with Crippen molar-refractivity contribution in [3.8, 4) is 0 Å². The first-order valence-corrected chi connectivity index (χ1v) is 9.02. The van der Waals surface area contributed by atoms with E-state index >= 15 is 0 Å². The lowest BCUT2D eigenvalue weighted by molar-refractivity contribution is 0.0694. The maximum Gasteiger partial charge on any atom is 0.338 e. The zero-order chi connectivity index (χ0) is 15.2. The Kier molecular flexibility index (Phi) is 5.97. The van der Waals surface area contributed by atoms with Crippen LogP contribution in [0.4, 0.5) is 5.69 Å². The van der Waals surface area contributed by atoms with Crippen LogP contribution in [0.5, 0.6) is 0 Å². The van der Waals surface area contributed by atoms with Gasteiger partial charge in [-0.2, -0.15) is 0 Å². The summed E-state index contributed by atoms with van der Waals surface area (Å²) in [7, 11) is 0. The van der Waals surface area contributed by atoms with Gasteiger partial charge in [0.15, 0.2) is 0 Å². The maximum atomic E-state index is 11.5. The van der Waals surface area contributed by atoms with Crippen molar-refractivity contribution in [1.29, 1.82) is 0 Å². The summed E-state index contributed by atoms with van der Waals surface area (Å²) >= 11 is 1.48. The second kappa shape index (κ2) is 7.74.